The third kappa shape index (κ3) is 11.3. The van der Waals surface area contributed by atoms with Crippen molar-refractivity contribution in [2.24, 2.45) is 5.92 Å². The van der Waals surface area contributed by atoms with E-state index in [0.29, 0.717) is 12.0 Å². The molecule has 20 heavy (non-hydrogen) atoms. The molecule has 0 radical (unpaired) electrons. The van der Waals surface area contributed by atoms with E-state index in [9.17, 15) is 25.2 Å². The van der Waals surface area contributed by atoms with Crippen molar-refractivity contribution in [3.63, 3.8) is 0 Å². The van der Waals surface area contributed by atoms with Crippen molar-refractivity contribution < 1.29 is 34.5 Å². The van der Waals surface area contributed by atoms with Crippen LogP contribution in [0, 0.1) is 5.92 Å². The van der Waals surface area contributed by atoms with Crippen LogP contribution < -0.4 is 0 Å². The van der Waals surface area contributed by atoms with Gasteiger partial charge in [0.05, 0.1) is 6.92 Å². The van der Waals surface area contributed by atoms with Crippen LogP contribution >= 0.6 is 7.81 Å². The van der Waals surface area contributed by atoms with Crippen molar-refractivity contribution >= 4 is 13.7 Å². The maximum absolute atomic E-state index is 10.7. The number of ether oxygens (including phenoxy) is 1. The van der Waals surface area contributed by atoms with Gasteiger partial charge in [0.15, 0.2) is 12.6 Å². The molecular formula is C11H22F6NOP. The van der Waals surface area contributed by atoms with Gasteiger partial charge in [0, 0.05) is 12.3 Å². The second-order valence-corrected chi connectivity index (χ2v) is 7.06. The zero-order chi connectivity index (χ0) is 16.3. The van der Waals surface area contributed by atoms with E-state index in [1.807, 2.05) is 0 Å². The molecule has 0 saturated heterocycles. The topological polar surface area (TPSA) is 12.2 Å². The van der Waals surface area contributed by atoms with E-state index >= 15 is 0 Å². The first-order valence-corrected chi connectivity index (χ1v) is 8.44. The van der Waals surface area contributed by atoms with Gasteiger partial charge in [-0.1, -0.05) is 27.2 Å². The molecule has 0 spiro atoms. The predicted octanol–water partition coefficient (Wildman–Crippen LogP) is 5.65. The number of unbranched alkanes of at least 4 members (excludes halogenated alkanes) is 1. The van der Waals surface area contributed by atoms with Crippen molar-refractivity contribution in [1.29, 1.82) is 0 Å². The quantitative estimate of drug-likeness (QED) is 0.368. The number of nitrogens with zero attached hydrogens (tertiary/aromatic N) is 1. The van der Waals surface area contributed by atoms with Gasteiger partial charge in [0.25, 0.3) is 0 Å². The van der Waals surface area contributed by atoms with Crippen LogP contribution in [-0.2, 0) is 4.74 Å². The molecule has 0 fully saturated rings. The zero-order valence-electron chi connectivity index (χ0n) is 12.1. The number of hydrogen-bond donors (Lipinski definition) is 0. The van der Waals surface area contributed by atoms with Crippen LogP contribution in [0.5, 0.6) is 0 Å². The molecule has 0 N–H and O–H groups in total. The summed E-state index contributed by atoms with van der Waals surface area (Å²) < 4.78 is 67.2. The Labute approximate surface area is 115 Å². The number of hydrogen-bond acceptors (Lipinski definition) is 1. The van der Waals surface area contributed by atoms with Crippen LogP contribution in [0.2, 0.25) is 0 Å². The minimum atomic E-state index is -10.7. The predicted molar refractivity (Wildman–Crippen MR) is 68.9 cm³/mol. The summed E-state index contributed by atoms with van der Waals surface area (Å²) in [7, 11) is -10.7. The summed E-state index contributed by atoms with van der Waals surface area (Å²) in [5.74, 6) is 1.81. The van der Waals surface area contributed by atoms with Crippen molar-refractivity contribution in [3.8, 4) is 0 Å². The Morgan fingerprint density at radius 1 is 1.20 bits per heavy atom. The Hall–Kier alpha value is -0.520. The molecule has 0 unspecified atom stereocenters. The van der Waals surface area contributed by atoms with Crippen LogP contribution in [-0.4, -0.2) is 29.7 Å². The molecule has 1 aliphatic rings. The summed E-state index contributed by atoms with van der Waals surface area (Å²) in [6, 6.07) is 0.603. The molecular weight excluding hydrogens is 307 g/mol. The molecule has 0 bridgehead atoms. The molecule has 0 aliphatic carbocycles. The van der Waals surface area contributed by atoms with E-state index in [1.165, 1.54) is 12.8 Å². The van der Waals surface area contributed by atoms with E-state index in [2.05, 4.69) is 32.3 Å². The van der Waals surface area contributed by atoms with Crippen molar-refractivity contribution in [3.05, 3.63) is 0 Å². The first kappa shape index (κ1) is 19.5. The molecule has 1 rings (SSSR count). The van der Waals surface area contributed by atoms with Gasteiger partial charge in [-0.3, -0.25) is 0 Å². The van der Waals surface area contributed by atoms with Crippen molar-refractivity contribution in [2.75, 3.05) is 13.2 Å². The molecule has 0 aromatic rings. The monoisotopic (exact) mass is 329 g/mol. The molecule has 1 heterocycles. The van der Waals surface area contributed by atoms with E-state index < -0.39 is 7.81 Å². The van der Waals surface area contributed by atoms with Crippen molar-refractivity contribution in [2.45, 2.75) is 46.6 Å². The summed E-state index contributed by atoms with van der Waals surface area (Å²) in [5, 5.41) is 0. The van der Waals surface area contributed by atoms with Gasteiger partial charge < -0.3 is 4.74 Å². The van der Waals surface area contributed by atoms with Gasteiger partial charge in [-0.25, -0.2) is 0 Å². The summed E-state index contributed by atoms with van der Waals surface area (Å²) in [4.78, 5) is 0. The second-order valence-electron chi connectivity index (χ2n) is 5.15. The summed E-state index contributed by atoms with van der Waals surface area (Å²) >= 11 is 0. The Balaban J connectivity index is 0.000000441. The average Bonchev–Trinajstić information content (AvgIpc) is 2.52. The van der Waals surface area contributed by atoms with E-state index in [-0.39, 0.29) is 0 Å². The fraction of sp³-hybridized carbons (Fsp3) is 0.909. The Bertz CT molecular complexity index is 350. The van der Waals surface area contributed by atoms with Gasteiger partial charge in [0.1, 0.15) is 6.54 Å². The molecule has 1 atom stereocenters. The van der Waals surface area contributed by atoms with Crippen LogP contribution in [0.4, 0.5) is 25.2 Å². The molecule has 2 nitrogen and oxygen atoms in total. The fourth-order valence-electron chi connectivity index (χ4n) is 1.82. The molecule has 124 valence electrons. The zero-order valence-corrected chi connectivity index (χ0v) is 12.9. The molecule has 0 amide bonds. The summed E-state index contributed by atoms with van der Waals surface area (Å²) in [6.45, 7) is 10.9. The van der Waals surface area contributed by atoms with E-state index in [4.69, 9.17) is 4.74 Å². The number of halogens is 6. The van der Waals surface area contributed by atoms with Crippen LogP contribution in [0.15, 0.2) is 0 Å². The van der Waals surface area contributed by atoms with E-state index in [1.54, 1.807) is 0 Å². The molecule has 1 aliphatic heterocycles. The third-order valence-electron chi connectivity index (χ3n) is 2.79. The van der Waals surface area contributed by atoms with Gasteiger partial charge >= 0.3 is 38.9 Å². The molecule has 0 aromatic heterocycles. The molecule has 0 aromatic carbocycles. The summed E-state index contributed by atoms with van der Waals surface area (Å²) in [5.41, 5.74) is 0. The normalized spacial score (nSPS) is 22.9. The maximum atomic E-state index is 9.87. The Morgan fingerprint density at radius 3 is 2.00 bits per heavy atom. The van der Waals surface area contributed by atoms with Crippen LogP contribution in [0.3, 0.4) is 0 Å². The van der Waals surface area contributed by atoms with Gasteiger partial charge in [0.2, 0.25) is 0 Å². The Morgan fingerprint density at radius 2 is 1.65 bits per heavy atom. The molecule has 9 heteroatoms. The SMILES string of the molecule is CCCC[N+]1=C(C)OC[C@@H]1C(C)C.F[P-](F)(F)(F)(F)F. The average molecular weight is 329 g/mol. The first-order valence-electron chi connectivity index (χ1n) is 6.41. The minimum absolute atomic E-state index is 0.603. The van der Waals surface area contributed by atoms with Gasteiger partial charge in [-0.2, -0.15) is 4.58 Å². The fourth-order valence-corrected chi connectivity index (χ4v) is 1.82. The van der Waals surface area contributed by atoms with E-state index in [0.717, 1.165) is 19.0 Å². The first-order chi connectivity index (χ1) is 8.61. The number of rotatable bonds is 4. The summed E-state index contributed by atoms with van der Waals surface area (Å²) in [6.07, 6.45) is 2.53. The van der Waals surface area contributed by atoms with Crippen LogP contribution in [0.25, 0.3) is 0 Å². The van der Waals surface area contributed by atoms with Crippen molar-refractivity contribution in [1.82, 2.24) is 0 Å². The molecule has 0 saturated carbocycles. The van der Waals surface area contributed by atoms with Gasteiger partial charge in [-0.15, -0.1) is 0 Å². The third-order valence-corrected chi connectivity index (χ3v) is 2.79. The van der Waals surface area contributed by atoms with Crippen LogP contribution in [0.1, 0.15) is 40.5 Å². The standard InChI is InChI=1S/C11H22NO.F6P/c1-5-6-7-12-10(4)13-8-11(12)9(2)3;1-7(2,3,4,5)6/h9,11H,5-8H2,1-4H3;/q+1;-1/t11-;/m1./s1. The van der Waals surface area contributed by atoms with Gasteiger partial charge in [-0.05, 0) is 0 Å². The second kappa shape index (κ2) is 5.70. The Kier molecular flexibility index (Phi) is 5.55.